The fourth-order valence-electron chi connectivity index (χ4n) is 1.47. The fraction of sp³-hybridized carbons (Fsp3) is 0.154. The van der Waals surface area contributed by atoms with Crippen LogP contribution in [0.1, 0.15) is 17.2 Å². The molecule has 0 atom stereocenters. The molecule has 108 valence electrons. The number of halogens is 3. The predicted octanol–water partition coefficient (Wildman–Crippen LogP) is 2.67. The van der Waals surface area contributed by atoms with Gasteiger partial charge in [0.15, 0.2) is 0 Å². The second kappa shape index (κ2) is 6.97. The Morgan fingerprint density at radius 2 is 1.71 bits per heavy atom. The monoisotopic (exact) mass is 403 g/mol. The average molecular weight is 405 g/mol. The molecule has 2 radical (unpaired) electrons. The first-order valence-corrected chi connectivity index (χ1v) is 7.80. The van der Waals surface area contributed by atoms with Gasteiger partial charge in [0.25, 0.3) is 0 Å². The van der Waals surface area contributed by atoms with Crippen molar-refractivity contribution in [2.45, 2.75) is 3.79 Å². The van der Waals surface area contributed by atoms with E-state index in [1.165, 1.54) is 0 Å². The van der Waals surface area contributed by atoms with Gasteiger partial charge in [-0.05, 0) is 0 Å². The predicted molar refractivity (Wildman–Crippen MR) is 86.4 cm³/mol. The van der Waals surface area contributed by atoms with Gasteiger partial charge in [0.1, 0.15) is 0 Å². The van der Waals surface area contributed by atoms with E-state index in [9.17, 15) is 0 Å². The minimum absolute atomic E-state index is 0.0903. The van der Waals surface area contributed by atoms with E-state index in [1.54, 1.807) is 13.2 Å². The molecule has 21 heavy (non-hydrogen) atoms. The molecule has 0 aliphatic rings. The molecule has 1 heterocycles. The van der Waals surface area contributed by atoms with E-state index in [2.05, 4.69) is 31.8 Å². The summed E-state index contributed by atoms with van der Waals surface area (Å²) in [4.78, 5) is 12.3. The number of hydrogen-bond donors (Lipinski definition) is 0. The summed E-state index contributed by atoms with van der Waals surface area (Å²) in [6.07, 6.45) is 3.57. The van der Waals surface area contributed by atoms with Crippen molar-refractivity contribution in [1.29, 1.82) is 0 Å². The van der Waals surface area contributed by atoms with Crippen LogP contribution in [-0.2, 0) is 3.79 Å². The van der Waals surface area contributed by atoms with E-state index in [0.717, 1.165) is 11.3 Å². The van der Waals surface area contributed by atoms with Crippen LogP contribution in [-0.4, -0.2) is 38.9 Å². The van der Waals surface area contributed by atoms with Gasteiger partial charge in [-0.1, -0.05) is 0 Å². The number of methoxy groups -OCH3 is 1. The summed E-state index contributed by atoms with van der Waals surface area (Å²) in [5, 5.41) is 0. The van der Waals surface area contributed by atoms with Crippen LogP contribution in [0.4, 0.5) is 0 Å². The molecule has 1 aromatic carbocycles. The van der Waals surface area contributed by atoms with Crippen LogP contribution in [0.2, 0.25) is 0 Å². The molecule has 0 bridgehead atoms. The molecule has 0 N–H and O–H groups in total. The molecule has 1 aromatic heterocycles. The van der Waals surface area contributed by atoms with Gasteiger partial charge in [-0.2, -0.15) is 0 Å². The van der Waals surface area contributed by atoms with Crippen LogP contribution < -0.4 is 9.35 Å². The normalized spacial score (nSPS) is 11.9. The fourth-order valence-corrected chi connectivity index (χ4v) is 2.14. The quantitative estimate of drug-likeness (QED) is 0.583. The summed E-state index contributed by atoms with van der Waals surface area (Å²) in [7, 11) is 1.62. The zero-order valence-corrected chi connectivity index (χ0v) is 14.9. The van der Waals surface area contributed by atoms with Gasteiger partial charge in [-0.3, -0.25) is 0 Å². The third-order valence-electron chi connectivity index (χ3n) is 2.44. The van der Waals surface area contributed by atoms with E-state index in [0.29, 0.717) is 10.4 Å². The molecule has 4 nitrogen and oxygen atoms in total. The molecule has 2 rings (SSSR count). The Morgan fingerprint density at radius 3 is 2.29 bits per heavy atom. The number of alkyl halides is 3. The molecule has 0 unspecified atom stereocenters. The zero-order chi connectivity index (χ0) is 15.5. The van der Waals surface area contributed by atoms with Gasteiger partial charge in [0.05, 0.1) is 0 Å². The summed E-state index contributed by atoms with van der Waals surface area (Å²) in [6, 6.07) is 7.55. The van der Waals surface area contributed by atoms with Crippen molar-refractivity contribution >= 4 is 68.4 Å². The van der Waals surface area contributed by atoms with Crippen molar-refractivity contribution in [3.63, 3.8) is 0 Å². The first kappa shape index (κ1) is 16.6. The number of ether oxygens (including phenoxy) is 1. The summed E-state index contributed by atoms with van der Waals surface area (Å²) in [5.41, 5.74) is 0.971. The maximum atomic E-state index is 5.79. The van der Waals surface area contributed by atoms with Crippen molar-refractivity contribution in [2.24, 2.45) is 0 Å². The van der Waals surface area contributed by atoms with E-state index in [4.69, 9.17) is 39.5 Å². The van der Waals surface area contributed by atoms with E-state index >= 15 is 0 Å². The van der Waals surface area contributed by atoms with Gasteiger partial charge in [-0.15, -0.1) is 0 Å². The summed E-state index contributed by atoms with van der Waals surface area (Å²) in [6.45, 7) is 0. The van der Waals surface area contributed by atoms with Crippen LogP contribution in [0.3, 0.4) is 0 Å². The SMILES string of the molecule is COc1ccc(C=Cc2nc([As])nc(C(Cl)(Cl)Cl)n2)cc1. The Bertz CT molecular complexity index is 657. The van der Waals surface area contributed by atoms with Crippen molar-refractivity contribution < 1.29 is 4.74 Å². The second-order valence-electron chi connectivity index (χ2n) is 3.92. The Hall–Kier alpha value is -0.802. The van der Waals surface area contributed by atoms with E-state index in [1.807, 2.05) is 30.3 Å². The molecule has 0 spiro atoms. The van der Waals surface area contributed by atoms with Gasteiger partial charge in [0.2, 0.25) is 0 Å². The molecule has 0 saturated heterocycles. The zero-order valence-electron chi connectivity index (χ0n) is 10.8. The van der Waals surface area contributed by atoms with Gasteiger partial charge in [-0.25, -0.2) is 0 Å². The number of nitrogens with zero attached hydrogens (tertiary/aromatic N) is 3. The van der Waals surface area contributed by atoms with Gasteiger partial charge >= 0.3 is 146 Å². The minimum atomic E-state index is -1.68. The Labute approximate surface area is 146 Å². The number of aromatic nitrogens is 3. The first-order valence-electron chi connectivity index (χ1n) is 5.73. The van der Waals surface area contributed by atoms with Gasteiger partial charge in [0, 0.05) is 0 Å². The standard InChI is InChI=1S/C13H9AsCl3N3O/c1-21-9-5-2-8(3-6-9)4-7-10-18-11(13(15,16)17)20-12(14)19-10/h2-7H,1H3. The molecule has 8 heteroatoms. The third kappa shape index (κ3) is 4.86. The van der Waals surface area contributed by atoms with Crippen molar-refractivity contribution in [2.75, 3.05) is 7.11 Å². The molecule has 0 aliphatic heterocycles. The Morgan fingerprint density at radius 1 is 1.05 bits per heavy atom. The summed E-state index contributed by atoms with van der Waals surface area (Å²) in [5.74, 6) is 1.30. The molecule has 2 aromatic rings. The van der Waals surface area contributed by atoms with E-state index < -0.39 is 3.79 Å². The molecule has 0 amide bonds. The van der Waals surface area contributed by atoms with Crippen LogP contribution in [0.5, 0.6) is 5.75 Å². The maximum absolute atomic E-state index is 5.79. The number of rotatable bonds is 3. The topological polar surface area (TPSA) is 47.9 Å². The second-order valence-corrected chi connectivity index (χ2v) is 7.04. The van der Waals surface area contributed by atoms with Crippen LogP contribution in [0.15, 0.2) is 24.3 Å². The van der Waals surface area contributed by atoms with Gasteiger partial charge < -0.3 is 0 Å². The molecule has 0 aliphatic carbocycles. The molecule has 0 saturated carbocycles. The van der Waals surface area contributed by atoms with Crippen LogP contribution in [0, 0.1) is 0 Å². The first-order chi connectivity index (χ1) is 9.88. The number of benzene rings is 1. The van der Waals surface area contributed by atoms with Crippen LogP contribution >= 0.6 is 34.8 Å². The van der Waals surface area contributed by atoms with Crippen molar-refractivity contribution in [3.05, 3.63) is 41.5 Å². The van der Waals surface area contributed by atoms with Crippen molar-refractivity contribution in [1.82, 2.24) is 15.0 Å². The summed E-state index contributed by atoms with van der Waals surface area (Å²) >= 11 is 19.6. The Kier molecular flexibility index (Phi) is 5.50. The summed E-state index contributed by atoms with van der Waals surface area (Å²) < 4.78 is 3.84. The molecular formula is C13H9AsCl3N3O. The van der Waals surface area contributed by atoms with Crippen LogP contribution in [0.25, 0.3) is 12.2 Å². The molecule has 0 fully saturated rings. The third-order valence-corrected chi connectivity index (χ3v) is 3.36. The number of hydrogen-bond acceptors (Lipinski definition) is 4. The average Bonchev–Trinajstić information content (AvgIpc) is 2.44. The van der Waals surface area contributed by atoms with E-state index in [-0.39, 0.29) is 5.82 Å². The molecular weight excluding hydrogens is 395 g/mol. The Balaban J connectivity index is 2.25. The van der Waals surface area contributed by atoms with Crippen molar-refractivity contribution in [3.8, 4) is 5.75 Å².